The first-order valence-corrected chi connectivity index (χ1v) is 10.3. The minimum absolute atomic E-state index is 0.108. The van der Waals surface area contributed by atoms with E-state index in [0.29, 0.717) is 34.8 Å². The zero-order chi connectivity index (χ0) is 18.9. The maximum absolute atomic E-state index is 12.7. The Labute approximate surface area is 159 Å². The van der Waals surface area contributed by atoms with Crippen LogP contribution < -0.4 is 9.62 Å². The van der Waals surface area contributed by atoms with Crippen LogP contribution in [0.1, 0.15) is 30.4 Å². The van der Waals surface area contributed by atoms with E-state index in [2.05, 4.69) is 4.72 Å². The molecule has 2 aromatic carbocycles. The van der Waals surface area contributed by atoms with Crippen LogP contribution in [0.15, 0.2) is 41.3 Å². The number of hydrogen-bond acceptors (Lipinski definition) is 3. The van der Waals surface area contributed by atoms with Crippen LogP contribution in [0.2, 0.25) is 5.02 Å². The molecular formula is C19H21ClN2O3S. The maximum Gasteiger partial charge on any atom is 0.262 e. The average Bonchev–Trinajstić information content (AvgIpc) is 2.59. The zero-order valence-corrected chi connectivity index (χ0v) is 16.3. The van der Waals surface area contributed by atoms with Gasteiger partial charge >= 0.3 is 0 Å². The second-order valence-corrected chi connectivity index (χ2v) is 8.58. The third-order valence-corrected chi connectivity index (χ3v) is 6.43. The lowest BCUT2D eigenvalue weighted by Gasteiger charge is -2.26. The molecule has 0 aromatic heterocycles. The van der Waals surface area contributed by atoms with E-state index < -0.39 is 10.0 Å². The molecule has 0 bridgehead atoms. The van der Waals surface area contributed by atoms with Crippen LogP contribution in [0.4, 0.5) is 11.4 Å². The van der Waals surface area contributed by atoms with Gasteiger partial charge in [0.25, 0.3) is 10.0 Å². The van der Waals surface area contributed by atoms with E-state index in [1.165, 1.54) is 0 Å². The molecule has 1 fully saturated rings. The van der Waals surface area contributed by atoms with Crippen LogP contribution in [0.25, 0.3) is 0 Å². The Hall–Kier alpha value is -2.05. The van der Waals surface area contributed by atoms with Crippen molar-refractivity contribution in [2.75, 3.05) is 16.2 Å². The molecule has 2 aromatic rings. The van der Waals surface area contributed by atoms with E-state index in [1.54, 1.807) is 55.1 Å². The molecule has 1 saturated heterocycles. The lowest BCUT2D eigenvalue weighted by atomic mass is 10.1. The number of carbonyl (C=O) groups is 1. The lowest BCUT2D eigenvalue weighted by molar-refractivity contribution is -0.119. The van der Waals surface area contributed by atoms with Crippen molar-refractivity contribution in [2.45, 2.75) is 38.0 Å². The molecule has 26 heavy (non-hydrogen) atoms. The Bertz CT molecular complexity index is 940. The van der Waals surface area contributed by atoms with Crippen LogP contribution in [-0.2, 0) is 14.8 Å². The first-order valence-electron chi connectivity index (χ1n) is 8.48. The highest BCUT2D eigenvalue weighted by Crippen LogP contribution is 2.27. The third kappa shape index (κ3) is 3.86. The highest BCUT2D eigenvalue weighted by atomic mass is 35.5. The summed E-state index contributed by atoms with van der Waals surface area (Å²) in [5, 5.41) is 0.539. The van der Waals surface area contributed by atoms with E-state index in [4.69, 9.17) is 11.6 Å². The van der Waals surface area contributed by atoms with E-state index in [-0.39, 0.29) is 10.8 Å². The van der Waals surface area contributed by atoms with Gasteiger partial charge in [0.15, 0.2) is 0 Å². The summed E-state index contributed by atoms with van der Waals surface area (Å²) in [5.74, 6) is 0.108. The number of amides is 1. The van der Waals surface area contributed by atoms with Gasteiger partial charge in [-0.3, -0.25) is 9.52 Å². The number of rotatable bonds is 4. The molecular weight excluding hydrogens is 372 g/mol. The fraction of sp³-hybridized carbons (Fsp3) is 0.316. The SMILES string of the molecule is Cc1cc(S(=O)(=O)Nc2ccc(N3CCCCC3=O)cc2)c(C)cc1Cl. The Balaban J connectivity index is 1.82. The van der Waals surface area contributed by atoms with E-state index in [9.17, 15) is 13.2 Å². The maximum atomic E-state index is 12.7. The van der Waals surface area contributed by atoms with Crippen LogP contribution in [0.3, 0.4) is 0 Å². The average molecular weight is 393 g/mol. The predicted octanol–water partition coefficient (Wildman–Crippen LogP) is 4.27. The van der Waals surface area contributed by atoms with Gasteiger partial charge in [0.1, 0.15) is 0 Å². The van der Waals surface area contributed by atoms with Crippen molar-refractivity contribution in [1.82, 2.24) is 0 Å². The minimum atomic E-state index is -3.72. The number of carbonyl (C=O) groups excluding carboxylic acids is 1. The summed E-state index contributed by atoms with van der Waals surface area (Å²) in [6.07, 6.45) is 2.46. The molecule has 1 N–H and O–H groups in total. The first-order chi connectivity index (χ1) is 12.3. The molecule has 0 saturated carbocycles. The highest BCUT2D eigenvalue weighted by Gasteiger charge is 2.21. The second-order valence-electron chi connectivity index (χ2n) is 6.52. The summed E-state index contributed by atoms with van der Waals surface area (Å²) in [5.41, 5.74) is 2.53. The zero-order valence-electron chi connectivity index (χ0n) is 14.8. The van der Waals surface area contributed by atoms with Crippen molar-refractivity contribution in [3.63, 3.8) is 0 Å². The standard InChI is InChI=1S/C19H21ClN2O3S/c1-13-12-18(14(2)11-17(13)20)26(24,25)21-15-6-8-16(9-7-15)22-10-4-3-5-19(22)23/h6-9,11-12,21H,3-5,10H2,1-2H3. The number of hydrogen-bond donors (Lipinski definition) is 1. The summed E-state index contributed by atoms with van der Waals surface area (Å²) in [6, 6.07) is 10.1. The van der Waals surface area contributed by atoms with Gasteiger partial charge in [-0.15, -0.1) is 0 Å². The number of nitrogens with one attached hydrogen (secondary N) is 1. The van der Waals surface area contributed by atoms with Crippen molar-refractivity contribution in [3.05, 3.63) is 52.5 Å². The minimum Gasteiger partial charge on any atom is -0.312 e. The number of halogens is 1. The number of anilines is 2. The lowest BCUT2D eigenvalue weighted by Crippen LogP contribution is -2.35. The normalized spacial score (nSPS) is 15.2. The summed E-state index contributed by atoms with van der Waals surface area (Å²) in [4.78, 5) is 13.9. The molecule has 0 atom stereocenters. The highest BCUT2D eigenvalue weighted by molar-refractivity contribution is 7.92. The van der Waals surface area contributed by atoms with Gasteiger partial charge < -0.3 is 4.90 Å². The molecule has 1 amide bonds. The largest absolute Gasteiger partial charge is 0.312 e. The third-order valence-electron chi connectivity index (χ3n) is 4.50. The second kappa shape index (κ2) is 7.29. The van der Waals surface area contributed by atoms with Crippen molar-refractivity contribution in [3.8, 4) is 0 Å². The van der Waals surface area contributed by atoms with Crippen LogP contribution in [0, 0.1) is 13.8 Å². The predicted molar refractivity (Wildman–Crippen MR) is 104 cm³/mol. The fourth-order valence-corrected chi connectivity index (χ4v) is 4.63. The molecule has 0 spiro atoms. The number of nitrogens with zero attached hydrogens (tertiary/aromatic N) is 1. The van der Waals surface area contributed by atoms with E-state index in [0.717, 1.165) is 18.5 Å². The van der Waals surface area contributed by atoms with Gasteiger partial charge in [0.2, 0.25) is 5.91 Å². The summed E-state index contributed by atoms with van der Waals surface area (Å²) < 4.78 is 28.0. The molecule has 5 nitrogen and oxygen atoms in total. The Morgan fingerprint density at radius 2 is 1.73 bits per heavy atom. The van der Waals surface area contributed by atoms with E-state index in [1.807, 2.05) is 0 Å². The Morgan fingerprint density at radius 1 is 1.04 bits per heavy atom. The van der Waals surface area contributed by atoms with Gasteiger partial charge in [0, 0.05) is 29.4 Å². The quantitative estimate of drug-likeness (QED) is 0.844. The molecule has 1 aliphatic rings. The van der Waals surface area contributed by atoms with Crippen LogP contribution in [-0.4, -0.2) is 20.9 Å². The number of sulfonamides is 1. The van der Waals surface area contributed by atoms with Crippen LogP contribution in [0.5, 0.6) is 0 Å². The smallest absolute Gasteiger partial charge is 0.262 e. The number of piperidine rings is 1. The Kier molecular flexibility index (Phi) is 5.25. The molecule has 7 heteroatoms. The molecule has 0 unspecified atom stereocenters. The molecule has 1 aliphatic heterocycles. The van der Waals surface area contributed by atoms with Gasteiger partial charge in [-0.2, -0.15) is 0 Å². The molecule has 1 heterocycles. The molecule has 138 valence electrons. The fourth-order valence-electron chi connectivity index (χ4n) is 3.04. The molecule has 0 radical (unpaired) electrons. The molecule has 0 aliphatic carbocycles. The number of benzene rings is 2. The monoisotopic (exact) mass is 392 g/mol. The summed E-state index contributed by atoms with van der Waals surface area (Å²) in [7, 11) is -3.72. The Morgan fingerprint density at radius 3 is 2.38 bits per heavy atom. The first kappa shape index (κ1) is 18.7. The number of aryl methyl sites for hydroxylation is 2. The van der Waals surface area contributed by atoms with Crippen LogP contribution >= 0.6 is 11.6 Å². The van der Waals surface area contributed by atoms with E-state index >= 15 is 0 Å². The van der Waals surface area contributed by atoms with Gasteiger partial charge in [-0.1, -0.05) is 11.6 Å². The molecule has 3 rings (SSSR count). The summed E-state index contributed by atoms with van der Waals surface area (Å²) >= 11 is 6.05. The van der Waals surface area contributed by atoms with Gasteiger partial charge in [0.05, 0.1) is 4.90 Å². The summed E-state index contributed by atoms with van der Waals surface area (Å²) in [6.45, 7) is 4.18. The van der Waals surface area contributed by atoms with Gasteiger partial charge in [-0.25, -0.2) is 8.42 Å². The van der Waals surface area contributed by atoms with Crippen molar-refractivity contribution < 1.29 is 13.2 Å². The van der Waals surface area contributed by atoms with Crippen molar-refractivity contribution in [2.24, 2.45) is 0 Å². The van der Waals surface area contributed by atoms with Gasteiger partial charge in [-0.05, 0) is 74.2 Å². The topological polar surface area (TPSA) is 66.5 Å². The van der Waals surface area contributed by atoms with Crippen molar-refractivity contribution >= 4 is 38.9 Å². The van der Waals surface area contributed by atoms with Crippen molar-refractivity contribution in [1.29, 1.82) is 0 Å².